The molecule has 0 atom stereocenters. The molecule has 30 valence electrons. The Morgan fingerprint density at radius 1 is 1.60 bits per heavy atom. The third kappa shape index (κ3) is 26.3. The lowest BCUT2D eigenvalue weighted by Gasteiger charge is -1.96. The topological polar surface area (TPSA) is 0 Å². The molecule has 4 heteroatoms. The molecule has 0 saturated carbocycles. The highest BCUT2D eigenvalue weighted by atomic mass is 127. The van der Waals surface area contributed by atoms with Crippen molar-refractivity contribution < 1.29 is 0 Å². The summed E-state index contributed by atoms with van der Waals surface area (Å²) >= 11 is 8.77. The first-order chi connectivity index (χ1) is 2.00. The maximum Gasteiger partial charge on any atom is 0.150 e. The number of halogens is 3. The molecule has 0 aliphatic heterocycles. The molecule has 5 heavy (non-hydrogen) atoms. The van der Waals surface area contributed by atoms with Crippen LogP contribution in [0.25, 0.3) is 0 Å². The van der Waals surface area contributed by atoms with Crippen LogP contribution in [-0.2, 0) is 0 Å². The van der Waals surface area contributed by atoms with Gasteiger partial charge in [0.05, 0.1) is 1.14 Å². The smallest absolute Gasteiger partial charge is 0.0717 e. The van der Waals surface area contributed by atoms with Crippen molar-refractivity contribution in [3.8, 4) is 0 Å². The molecular weight excluding hydrogens is 310 g/mol. The Morgan fingerprint density at radius 3 is 1.60 bits per heavy atom. The Labute approximate surface area is 62.9 Å². The number of alkyl halides is 3. The second kappa shape index (κ2) is 2.16. The standard InChI is InChI=1S/CH2BBr2I/c2-1(3,4)5/h2H2. The zero-order valence-corrected chi connectivity index (χ0v) is 7.96. The van der Waals surface area contributed by atoms with Crippen molar-refractivity contribution in [1.82, 2.24) is 0 Å². The van der Waals surface area contributed by atoms with E-state index in [1.54, 1.807) is 0 Å². The van der Waals surface area contributed by atoms with Gasteiger partial charge in [-0.2, -0.15) is 0 Å². The Bertz CT molecular complexity index is 25.1. The summed E-state index contributed by atoms with van der Waals surface area (Å²) in [6.07, 6.45) is 0. The van der Waals surface area contributed by atoms with Gasteiger partial charge in [-0.3, -0.25) is 0 Å². The van der Waals surface area contributed by atoms with E-state index < -0.39 is 0 Å². The van der Waals surface area contributed by atoms with Crippen molar-refractivity contribution in [2.45, 2.75) is 1.14 Å². The van der Waals surface area contributed by atoms with Crippen LogP contribution in [0.15, 0.2) is 0 Å². The van der Waals surface area contributed by atoms with Gasteiger partial charge in [-0.25, -0.2) is 0 Å². The molecule has 0 aliphatic carbocycles. The summed E-state index contributed by atoms with van der Waals surface area (Å²) in [5.41, 5.74) is 0. The van der Waals surface area contributed by atoms with E-state index in [0.29, 0.717) is 0 Å². The first kappa shape index (κ1) is 6.75. The van der Waals surface area contributed by atoms with Gasteiger partial charge in [0.1, 0.15) is 7.85 Å². The van der Waals surface area contributed by atoms with Crippen LogP contribution in [0.2, 0.25) is 0 Å². The molecule has 0 aromatic heterocycles. The van der Waals surface area contributed by atoms with E-state index in [4.69, 9.17) is 0 Å². The normalized spacial score (nSPS) is 11.8. The van der Waals surface area contributed by atoms with E-state index in [9.17, 15) is 0 Å². The Hall–Kier alpha value is 1.75. The van der Waals surface area contributed by atoms with Crippen LogP contribution in [-0.4, -0.2) is 8.99 Å². The summed E-state index contributed by atoms with van der Waals surface area (Å²) in [4.78, 5) is 0. The predicted molar refractivity (Wildman–Crippen MR) is 43.1 cm³/mol. The lowest BCUT2D eigenvalue weighted by Crippen LogP contribution is -1.93. The average Bonchev–Trinajstić information content (AvgIpc) is 0.722. The minimum absolute atomic E-state index is 0.0950. The quantitative estimate of drug-likeness (QED) is 0.361. The van der Waals surface area contributed by atoms with Gasteiger partial charge in [-0.15, -0.1) is 0 Å². The molecule has 0 unspecified atom stereocenters. The van der Waals surface area contributed by atoms with Crippen molar-refractivity contribution in [1.29, 1.82) is 0 Å². The maximum absolute atomic E-state index is 3.28. The van der Waals surface area contributed by atoms with Gasteiger partial charge < -0.3 is 0 Å². The van der Waals surface area contributed by atoms with Gasteiger partial charge in [0.2, 0.25) is 0 Å². The number of rotatable bonds is 0. The Balaban J connectivity index is 3.02. The molecule has 0 heterocycles. The van der Waals surface area contributed by atoms with E-state index in [2.05, 4.69) is 54.5 Å². The molecular formula is CH2BBr2I. The fourth-order valence-electron chi connectivity index (χ4n) is 0. The molecule has 0 fully saturated rings. The minimum Gasteiger partial charge on any atom is -0.0717 e. The van der Waals surface area contributed by atoms with Gasteiger partial charge in [0.15, 0.2) is 0 Å². The minimum atomic E-state index is 0.0950. The van der Waals surface area contributed by atoms with Crippen molar-refractivity contribution in [2.75, 3.05) is 0 Å². The highest BCUT2D eigenvalue weighted by Crippen LogP contribution is 2.28. The van der Waals surface area contributed by atoms with Gasteiger partial charge in [-0.1, -0.05) is 54.5 Å². The second-order valence-corrected chi connectivity index (χ2v) is 10.1. The summed E-state index contributed by atoms with van der Waals surface area (Å²) in [6, 6.07) is 0. The zero-order valence-electron chi connectivity index (χ0n) is 2.63. The van der Waals surface area contributed by atoms with Crippen LogP contribution < -0.4 is 0 Å². The summed E-state index contributed by atoms with van der Waals surface area (Å²) in [7, 11) is 2.01. The van der Waals surface area contributed by atoms with E-state index in [1.807, 2.05) is 7.85 Å². The summed E-state index contributed by atoms with van der Waals surface area (Å²) in [6.45, 7) is 0. The van der Waals surface area contributed by atoms with Crippen LogP contribution in [0.3, 0.4) is 0 Å². The molecule has 0 aromatic carbocycles. The molecule has 0 aromatic rings. The molecule has 0 saturated heterocycles. The monoisotopic (exact) mass is 310 g/mol. The average molecular weight is 312 g/mol. The van der Waals surface area contributed by atoms with E-state index in [0.717, 1.165) is 0 Å². The SMILES string of the molecule is BC(Br)(Br)I. The van der Waals surface area contributed by atoms with Gasteiger partial charge >= 0.3 is 0 Å². The molecule has 0 bridgehead atoms. The lowest BCUT2D eigenvalue weighted by molar-refractivity contribution is 2.08. The van der Waals surface area contributed by atoms with E-state index >= 15 is 0 Å². The van der Waals surface area contributed by atoms with Crippen molar-refractivity contribution >= 4 is 62.3 Å². The summed E-state index contributed by atoms with van der Waals surface area (Å²) in [5, 5.41) is 0. The summed E-state index contributed by atoms with van der Waals surface area (Å²) < 4.78 is 0.0950. The second-order valence-electron chi connectivity index (χ2n) is 0.781. The fourth-order valence-corrected chi connectivity index (χ4v) is 0. The molecule has 0 amide bonds. The van der Waals surface area contributed by atoms with Crippen molar-refractivity contribution in [2.24, 2.45) is 0 Å². The Morgan fingerprint density at radius 2 is 1.60 bits per heavy atom. The van der Waals surface area contributed by atoms with Gasteiger partial charge in [0, 0.05) is 0 Å². The zero-order chi connectivity index (χ0) is 4.50. The first-order valence-corrected chi connectivity index (χ1v) is 3.73. The summed E-state index contributed by atoms with van der Waals surface area (Å²) in [5.74, 6) is 0. The van der Waals surface area contributed by atoms with Crippen molar-refractivity contribution in [3.63, 3.8) is 0 Å². The van der Waals surface area contributed by atoms with Crippen LogP contribution in [0.4, 0.5) is 0 Å². The molecule has 0 nitrogen and oxygen atoms in total. The fraction of sp³-hybridized carbons (Fsp3) is 1.00. The van der Waals surface area contributed by atoms with Crippen LogP contribution in [0.5, 0.6) is 0 Å². The molecule has 0 spiro atoms. The van der Waals surface area contributed by atoms with Gasteiger partial charge in [-0.05, 0) is 0 Å². The lowest BCUT2D eigenvalue weighted by atomic mass is 10.2. The third-order valence-corrected chi connectivity index (χ3v) is 0. The number of hydrogen-bond acceptors (Lipinski definition) is 0. The number of hydrogen-bond donors (Lipinski definition) is 0. The van der Waals surface area contributed by atoms with Gasteiger partial charge in [0.25, 0.3) is 0 Å². The predicted octanol–water partition coefficient (Wildman–Crippen LogP) is 1.46. The Kier molecular flexibility index (Phi) is 2.92. The molecule has 0 N–H and O–H groups in total. The molecule has 0 aliphatic rings. The first-order valence-electron chi connectivity index (χ1n) is 1.07. The molecule has 0 radical (unpaired) electrons. The maximum atomic E-state index is 3.28. The molecule has 0 rings (SSSR count). The largest absolute Gasteiger partial charge is 0.150 e. The highest BCUT2D eigenvalue weighted by Gasteiger charge is 2.05. The van der Waals surface area contributed by atoms with E-state index in [-0.39, 0.29) is 1.14 Å². The van der Waals surface area contributed by atoms with Crippen LogP contribution in [0, 0.1) is 0 Å². The van der Waals surface area contributed by atoms with Crippen LogP contribution in [0.1, 0.15) is 0 Å². The highest BCUT2D eigenvalue weighted by molar-refractivity contribution is 14.1. The van der Waals surface area contributed by atoms with E-state index in [1.165, 1.54) is 0 Å². The van der Waals surface area contributed by atoms with Crippen LogP contribution >= 0.6 is 54.5 Å². The van der Waals surface area contributed by atoms with Crippen molar-refractivity contribution in [3.05, 3.63) is 0 Å². The third-order valence-electron chi connectivity index (χ3n) is 0.